The molecule has 1 fully saturated rings. The van der Waals surface area contributed by atoms with Crippen LogP contribution in [-0.4, -0.2) is 47.5 Å². The number of amides is 1. The number of rotatable bonds is 12. The summed E-state index contributed by atoms with van der Waals surface area (Å²) < 4.78 is 17.0. The molecule has 1 aromatic carbocycles. The number of thioether (sulfide) groups is 1. The third kappa shape index (κ3) is 7.85. The molecule has 170 valence electrons. The fourth-order valence-corrected chi connectivity index (χ4v) is 4.17. The zero-order valence-corrected chi connectivity index (χ0v) is 20.3. The fraction of sp³-hybridized carbons (Fsp3) is 0.522. The Bertz CT molecular complexity index is 822. The summed E-state index contributed by atoms with van der Waals surface area (Å²) in [6.07, 6.45) is 3.55. The van der Waals surface area contributed by atoms with E-state index in [-0.39, 0.29) is 18.3 Å². The van der Waals surface area contributed by atoms with E-state index in [1.165, 1.54) is 16.7 Å². The van der Waals surface area contributed by atoms with Crippen molar-refractivity contribution in [3.63, 3.8) is 0 Å². The molecule has 6 nitrogen and oxygen atoms in total. The Kier molecular flexibility index (Phi) is 10.3. The van der Waals surface area contributed by atoms with E-state index >= 15 is 0 Å². The molecule has 0 radical (unpaired) electrons. The SMILES string of the molecule is CCOC(=O)CCCN1C(=O)/C(=C\c2ccc(OCCC(C)C)c(OCC)c2)SC1=S. The molecule has 1 aromatic rings. The number of nitrogens with zero attached hydrogens (tertiary/aromatic N) is 1. The minimum atomic E-state index is -0.261. The van der Waals surface area contributed by atoms with E-state index < -0.39 is 0 Å². The number of hydrogen-bond acceptors (Lipinski definition) is 7. The summed E-state index contributed by atoms with van der Waals surface area (Å²) in [6, 6.07) is 5.65. The molecule has 1 aliphatic rings. The molecule has 2 rings (SSSR count). The van der Waals surface area contributed by atoms with Crippen molar-refractivity contribution in [1.29, 1.82) is 0 Å². The summed E-state index contributed by atoms with van der Waals surface area (Å²) >= 11 is 6.63. The molecule has 1 saturated heterocycles. The Labute approximate surface area is 194 Å². The van der Waals surface area contributed by atoms with Gasteiger partial charge in [-0.15, -0.1) is 0 Å². The van der Waals surface area contributed by atoms with E-state index in [1.807, 2.05) is 31.2 Å². The number of thiocarbonyl (C=S) groups is 1. The number of ether oxygens (including phenoxy) is 3. The lowest BCUT2D eigenvalue weighted by molar-refractivity contribution is -0.143. The van der Waals surface area contributed by atoms with Crippen LogP contribution in [0.1, 0.15) is 52.5 Å². The van der Waals surface area contributed by atoms with Gasteiger partial charge in [-0.05, 0) is 56.4 Å². The maximum absolute atomic E-state index is 12.8. The Hall–Kier alpha value is -2.06. The van der Waals surface area contributed by atoms with Crippen LogP contribution in [0.25, 0.3) is 6.08 Å². The molecule has 0 N–H and O–H groups in total. The molecule has 1 heterocycles. The van der Waals surface area contributed by atoms with Crippen LogP contribution in [0, 0.1) is 5.92 Å². The predicted octanol–water partition coefficient (Wildman–Crippen LogP) is 5.05. The van der Waals surface area contributed by atoms with Gasteiger partial charge in [-0.2, -0.15) is 0 Å². The van der Waals surface area contributed by atoms with E-state index in [2.05, 4.69) is 13.8 Å². The highest BCUT2D eigenvalue weighted by atomic mass is 32.2. The van der Waals surface area contributed by atoms with Gasteiger partial charge in [0, 0.05) is 13.0 Å². The molecule has 0 unspecified atom stereocenters. The van der Waals surface area contributed by atoms with Gasteiger partial charge in [0.2, 0.25) is 0 Å². The average Bonchev–Trinajstić information content (AvgIpc) is 2.97. The molecule has 0 aliphatic carbocycles. The normalized spacial score (nSPS) is 15.1. The average molecular weight is 466 g/mol. The van der Waals surface area contributed by atoms with E-state index in [0.29, 0.717) is 59.4 Å². The standard InChI is InChI=1S/C23H31NO5S2/c1-5-27-19-14-17(9-10-18(19)29-13-11-16(3)4)15-20-22(26)24(23(30)31-20)12-7-8-21(25)28-6-2/h9-10,14-16H,5-8,11-13H2,1-4H3/b20-15+. The molecule has 0 atom stereocenters. The van der Waals surface area contributed by atoms with Crippen molar-refractivity contribution < 1.29 is 23.8 Å². The Morgan fingerprint density at radius 1 is 1.19 bits per heavy atom. The zero-order valence-electron chi connectivity index (χ0n) is 18.6. The van der Waals surface area contributed by atoms with Crippen LogP contribution < -0.4 is 9.47 Å². The largest absolute Gasteiger partial charge is 0.490 e. The number of esters is 1. The first-order chi connectivity index (χ1) is 14.8. The van der Waals surface area contributed by atoms with E-state index in [0.717, 1.165) is 12.0 Å². The van der Waals surface area contributed by atoms with Gasteiger partial charge in [-0.3, -0.25) is 14.5 Å². The molecule has 0 spiro atoms. The summed E-state index contributed by atoms with van der Waals surface area (Å²) in [5.41, 5.74) is 0.840. The third-order valence-electron chi connectivity index (χ3n) is 4.46. The monoisotopic (exact) mass is 465 g/mol. The van der Waals surface area contributed by atoms with Crippen molar-refractivity contribution >= 4 is 46.3 Å². The van der Waals surface area contributed by atoms with Crippen molar-refractivity contribution in [2.75, 3.05) is 26.4 Å². The smallest absolute Gasteiger partial charge is 0.305 e. The number of carbonyl (C=O) groups excluding carboxylic acids is 2. The predicted molar refractivity (Wildman–Crippen MR) is 128 cm³/mol. The van der Waals surface area contributed by atoms with Crippen molar-refractivity contribution in [2.24, 2.45) is 5.92 Å². The number of hydrogen-bond donors (Lipinski definition) is 0. The van der Waals surface area contributed by atoms with E-state index in [1.54, 1.807) is 6.92 Å². The molecule has 1 aliphatic heterocycles. The van der Waals surface area contributed by atoms with Crippen LogP contribution in [0.3, 0.4) is 0 Å². The van der Waals surface area contributed by atoms with Crippen molar-refractivity contribution in [3.05, 3.63) is 28.7 Å². The highest BCUT2D eigenvalue weighted by molar-refractivity contribution is 8.26. The fourth-order valence-electron chi connectivity index (χ4n) is 2.87. The van der Waals surface area contributed by atoms with Crippen LogP contribution in [-0.2, 0) is 14.3 Å². The van der Waals surface area contributed by atoms with Gasteiger partial charge in [0.1, 0.15) is 4.32 Å². The van der Waals surface area contributed by atoms with E-state index in [4.69, 9.17) is 26.4 Å². The van der Waals surface area contributed by atoms with Gasteiger partial charge in [-0.25, -0.2) is 0 Å². The minimum absolute atomic E-state index is 0.144. The summed E-state index contributed by atoms with van der Waals surface area (Å²) in [7, 11) is 0. The Morgan fingerprint density at radius 3 is 2.65 bits per heavy atom. The maximum Gasteiger partial charge on any atom is 0.305 e. The molecular formula is C23H31NO5S2. The lowest BCUT2D eigenvalue weighted by atomic mass is 10.1. The van der Waals surface area contributed by atoms with Crippen LogP contribution in [0.5, 0.6) is 11.5 Å². The number of benzene rings is 1. The number of carbonyl (C=O) groups is 2. The van der Waals surface area contributed by atoms with Crippen molar-refractivity contribution in [3.8, 4) is 11.5 Å². The second-order valence-electron chi connectivity index (χ2n) is 7.41. The van der Waals surface area contributed by atoms with Crippen molar-refractivity contribution in [2.45, 2.75) is 47.0 Å². The van der Waals surface area contributed by atoms with Gasteiger partial charge < -0.3 is 14.2 Å². The maximum atomic E-state index is 12.8. The molecule has 1 amide bonds. The Balaban J connectivity index is 2.06. The molecular weight excluding hydrogens is 434 g/mol. The second kappa shape index (κ2) is 12.7. The van der Waals surface area contributed by atoms with Gasteiger partial charge >= 0.3 is 5.97 Å². The molecule has 0 saturated carbocycles. The highest BCUT2D eigenvalue weighted by Gasteiger charge is 2.31. The molecule has 0 bridgehead atoms. The lowest BCUT2D eigenvalue weighted by Crippen LogP contribution is -2.29. The van der Waals surface area contributed by atoms with Gasteiger partial charge in [-0.1, -0.05) is 43.9 Å². The Morgan fingerprint density at radius 2 is 1.97 bits per heavy atom. The van der Waals surface area contributed by atoms with Gasteiger partial charge in [0.05, 0.1) is 24.7 Å². The topological polar surface area (TPSA) is 65.1 Å². The van der Waals surface area contributed by atoms with Crippen LogP contribution in [0.4, 0.5) is 0 Å². The lowest BCUT2D eigenvalue weighted by Gasteiger charge is -2.14. The van der Waals surface area contributed by atoms with E-state index in [9.17, 15) is 9.59 Å². The van der Waals surface area contributed by atoms with Crippen molar-refractivity contribution in [1.82, 2.24) is 4.90 Å². The summed E-state index contributed by atoms with van der Waals surface area (Å²) in [5, 5.41) is 0. The first-order valence-corrected chi connectivity index (χ1v) is 11.9. The van der Waals surface area contributed by atoms with Crippen LogP contribution in [0.2, 0.25) is 0 Å². The first-order valence-electron chi connectivity index (χ1n) is 10.7. The molecule has 31 heavy (non-hydrogen) atoms. The summed E-state index contributed by atoms with van der Waals surface area (Å²) in [6.45, 7) is 9.90. The zero-order chi connectivity index (χ0) is 22.8. The third-order valence-corrected chi connectivity index (χ3v) is 5.84. The second-order valence-corrected chi connectivity index (χ2v) is 9.09. The molecule has 8 heteroatoms. The quantitative estimate of drug-likeness (QED) is 0.243. The minimum Gasteiger partial charge on any atom is -0.490 e. The molecule has 0 aromatic heterocycles. The van der Waals surface area contributed by atoms with Gasteiger partial charge in [0.15, 0.2) is 11.5 Å². The van der Waals surface area contributed by atoms with Crippen LogP contribution in [0.15, 0.2) is 23.1 Å². The van der Waals surface area contributed by atoms with Gasteiger partial charge in [0.25, 0.3) is 5.91 Å². The summed E-state index contributed by atoms with van der Waals surface area (Å²) in [4.78, 5) is 26.4. The first kappa shape index (κ1) is 25.2. The highest BCUT2D eigenvalue weighted by Crippen LogP contribution is 2.35. The summed E-state index contributed by atoms with van der Waals surface area (Å²) in [5.74, 6) is 1.52. The van der Waals surface area contributed by atoms with Crippen LogP contribution >= 0.6 is 24.0 Å².